The lowest BCUT2D eigenvalue weighted by atomic mass is 9.84. The summed E-state index contributed by atoms with van der Waals surface area (Å²) < 4.78 is 4.54. The lowest BCUT2D eigenvalue weighted by molar-refractivity contribution is -0.142. The Morgan fingerprint density at radius 2 is 1.10 bits per heavy atom. The average molecular weight is 558 g/mol. The molecular formula is C36H31NO3S. The topological polar surface area (TPSA) is 55.4 Å². The Bertz CT molecular complexity index is 1480. The first-order chi connectivity index (χ1) is 20.1. The van der Waals surface area contributed by atoms with Crippen molar-refractivity contribution in [3.63, 3.8) is 0 Å². The van der Waals surface area contributed by atoms with Crippen molar-refractivity contribution in [3.8, 4) is 11.1 Å². The molecule has 4 nitrogen and oxygen atoms in total. The van der Waals surface area contributed by atoms with Crippen LogP contribution in [0, 0.1) is 0 Å². The number of carbonyl (C=O) groups excluding carboxylic acids is 2. The van der Waals surface area contributed by atoms with Crippen molar-refractivity contribution in [2.45, 2.75) is 10.8 Å². The molecule has 0 spiro atoms. The molecule has 0 aliphatic heterocycles. The van der Waals surface area contributed by atoms with Gasteiger partial charge in [0.05, 0.1) is 11.9 Å². The zero-order chi connectivity index (χ0) is 28.5. The summed E-state index contributed by atoms with van der Waals surface area (Å²) in [6.45, 7) is 0. The third-order valence-electron chi connectivity index (χ3n) is 7.05. The van der Waals surface area contributed by atoms with E-state index in [1.165, 1.54) is 7.11 Å². The van der Waals surface area contributed by atoms with Gasteiger partial charge in [0.1, 0.15) is 6.04 Å². The number of hydrogen-bond donors (Lipinski definition) is 1. The van der Waals surface area contributed by atoms with Gasteiger partial charge < -0.3 is 10.1 Å². The monoisotopic (exact) mass is 557 g/mol. The van der Waals surface area contributed by atoms with E-state index in [0.29, 0.717) is 5.56 Å². The Kier molecular flexibility index (Phi) is 8.97. The summed E-state index contributed by atoms with van der Waals surface area (Å²) in [5, 5.41) is 2.99. The van der Waals surface area contributed by atoms with Crippen LogP contribution in [-0.2, 0) is 14.3 Å². The van der Waals surface area contributed by atoms with Gasteiger partial charge in [0.15, 0.2) is 0 Å². The van der Waals surface area contributed by atoms with Crippen molar-refractivity contribution < 1.29 is 14.3 Å². The van der Waals surface area contributed by atoms with Crippen molar-refractivity contribution in [3.05, 3.63) is 168 Å². The number of carbonyl (C=O) groups is 2. The van der Waals surface area contributed by atoms with Gasteiger partial charge in [0, 0.05) is 11.3 Å². The standard InChI is InChI=1S/C36H31NO3S/c1-40-35(39)33(37-34(38)32-25-15-14-24-31(32)27-16-6-2-7-17-27)26-41-36(28-18-8-3-9-19-28,29-20-10-4-11-21-29)30-22-12-5-13-23-30/h2-25,33H,26H2,1H3,(H,37,38)/t33-/m0/s1. The highest BCUT2D eigenvalue weighted by molar-refractivity contribution is 8.00. The molecule has 41 heavy (non-hydrogen) atoms. The van der Waals surface area contributed by atoms with Crippen LogP contribution in [0.5, 0.6) is 0 Å². The van der Waals surface area contributed by atoms with Gasteiger partial charge in [0.2, 0.25) is 0 Å². The molecule has 5 rings (SSSR count). The van der Waals surface area contributed by atoms with Gasteiger partial charge in [-0.1, -0.05) is 140 Å². The van der Waals surface area contributed by atoms with Crippen molar-refractivity contribution >= 4 is 23.6 Å². The van der Waals surface area contributed by atoms with Gasteiger partial charge >= 0.3 is 5.97 Å². The van der Waals surface area contributed by atoms with Crippen LogP contribution < -0.4 is 5.32 Å². The van der Waals surface area contributed by atoms with E-state index in [-0.39, 0.29) is 11.7 Å². The van der Waals surface area contributed by atoms with Crippen LogP contribution in [0.1, 0.15) is 27.0 Å². The number of esters is 1. The predicted molar refractivity (Wildman–Crippen MR) is 167 cm³/mol. The van der Waals surface area contributed by atoms with Gasteiger partial charge in [-0.15, -0.1) is 11.8 Å². The van der Waals surface area contributed by atoms with Gasteiger partial charge in [0.25, 0.3) is 5.91 Å². The number of nitrogens with one attached hydrogen (secondary N) is 1. The Morgan fingerprint density at radius 3 is 1.59 bits per heavy atom. The van der Waals surface area contributed by atoms with Crippen LogP contribution in [0.4, 0.5) is 0 Å². The minimum Gasteiger partial charge on any atom is -0.467 e. The van der Waals surface area contributed by atoms with Gasteiger partial charge in [-0.2, -0.15) is 0 Å². The van der Waals surface area contributed by atoms with E-state index in [1.54, 1.807) is 17.8 Å². The van der Waals surface area contributed by atoms with E-state index in [4.69, 9.17) is 4.74 Å². The van der Waals surface area contributed by atoms with Crippen molar-refractivity contribution in [2.75, 3.05) is 12.9 Å². The molecule has 0 saturated heterocycles. The molecule has 5 heteroatoms. The fraction of sp³-hybridized carbons (Fsp3) is 0.111. The maximum atomic E-state index is 13.7. The number of benzene rings is 5. The third kappa shape index (κ3) is 6.11. The maximum Gasteiger partial charge on any atom is 0.329 e. The van der Waals surface area contributed by atoms with Crippen LogP contribution in [0.3, 0.4) is 0 Å². The molecule has 0 heterocycles. The molecule has 0 fully saturated rings. The quantitative estimate of drug-likeness (QED) is 0.144. The summed E-state index contributed by atoms with van der Waals surface area (Å²) in [6.07, 6.45) is 0. The summed E-state index contributed by atoms with van der Waals surface area (Å²) in [5.41, 5.74) is 5.45. The summed E-state index contributed by atoms with van der Waals surface area (Å²) in [5.74, 6) is -0.541. The minimum atomic E-state index is -0.878. The molecule has 5 aromatic carbocycles. The van der Waals surface area contributed by atoms with E-state index in [0.717, 1.165) is 27.8 Å². The maximum absolute atomic E-state index is 13.7. The third-order valence-corrected chi connectivity index (χ3v) is 8.70. The SMILES string of the molecule is COC(=O)[C@H](CSC(c1ccccc1)(c1ccccc1)c1ccccc1)NC(=O)c1ccccc1-c1ccccc1. The summed E-state index contributed by atoms with van der Waals surface area (Å²) in [7, 11) is 1.35. The molecular weight excluding hydrogens is 526 g/mol. The lowest BCUT2D eigenvalue weighted by Gasteiger charge is -2.36. The molecule has 0 bridgehead atoms. The Morgan fingerprint density at radius 1 is 0.659 bits per heavy atom. The van der Waals surface area contributed by atoms with E-state index in [2.05, 4.69) is 41.7 Å². The van der Waals surface area contributed by atoms with E-state index < -0.39 is 16.8 Å². The molecule has 1 atom stereocenters. The highest BCUT2D eigenvalue weighted by Gasteiger charge is 2.38. The number of methoxy groups -OCH3 is 1. The molecule has 0 saturated carbocycles. The Hall–Kier alpha value is -4.61. The van der Waals surface area contributed by atoms with Gasteiger partial charge in [-0.25, -0.2) is 4.79 Å². The smallest absolute Gasteiger partial charge is 0.329 e. The zero-order valence-corrected chi connectivity index (χ0v) is 23.6. The van der Waals surface area contributed by atoms with Crippen LogP contribution in [0.15, 0.2) is 146 Å². The Balaban J connectivity index is 1.52. The summed E-state index contributed by atoms with van der Waals surface area (Å²) in [6, 6.07) is 47.1. The summed E-state index contributed by atoms with van der Waals surface area (Å²) >= 11 is 1.60. The lowest BCUT2D eigenvalue weighted by Crippen LogP contribution is -2.44. The molecule has 0 aliphatic carbocycles. The highest BCUT2D eigenvalue weighted by Crippen LogP contribution is 2.48. The molecule has 5 aromatic rings. The molecule has 0 unspecified atom stereocenters. The highest BCUT2D eigenvalue weighted by atomic mass is 32.2. The number of hydrogen-bond acceptors (Lipinski definition) is 4. The van der Waals surface area contributed by atoms with Gasteiger partial charge in [-0.3, -0.25) is 4.79 Å². The van der Waals surface area contributed by atoms with E-state index in [1.807, 2.05) is 103 Å². The van der Waals surface area contributed by atoms with Crippen LogP contribution >= 0.6 is 11.8 Å². The van der Waals surface area contributed by atoms with Crippen molar-refractivity contribution in [2.24, 2.45) is 0 Å². The van der Waals surface area contributed by atoms with Crippen molar-refractivity contribution in [1.82, 2.24) is 5.32 Å². The fourth-order valence-corrected chi connectivity index (χ4v) is 6.62. The van der Waals surface area contributed by atoms with Crippen LogP contribution in [-0.4, -0.2) is 30.8 Å². The van der Waals surface area contributed by atoms with E-state index >= 15 is 0 Å². The number of ether oxygens (including phenoxy) is 1. The second-order valence-electron chi connectivity index (χ2n) is 9.55. The molecule has 0 aliphatic rings. The molecule has 0 aromatic heterocycles. The van der Waals surface area contributed by atoms with E-state index in [9.17, 15) is 9.59 Å². The molecule has 0 radical (unpaired) electrons. The number of amides is 1. The predicted octanol–water partition coefficient (Wildman–Crippen LogP) is 7.35. The first-order valence-corrected chi connectivity index (χ1v) is 14.5. The number of rotatable bonds is 10. The molecule has 1 amide bonds. The van der Waals surface area contributed by atoms with Gasteiger partial charge in [-0.05, 0) is 33.9 Å². The molecule has 204 valence electrons. The first kappa shape index (κ1) is 27.9. The normalized spacial score (nSPS) is 11.8. The fourth-order valence-electron chi connectivity index (χ4n) is 5.07. The van der Waals surface area contributed by atoms with Crippen LogP contribution in [0.2, 0.25) is 0 Å². The second-order valence-corrected chi connectivity index (χ2v) is 10.8. The minimum absolute atomic E-state index is 0.282. The first-order valence-electron chi connectivity index (χ1n) is 13.5. The Labute approximate surface area is 245 Å². The average Bonchev–Trinajstić information content (AvgIpc) is 3.06. The molecule has 1 N–H and O–H groups in total. The second kappa shape index (κ2) is 13.2. The van der Waals surface area contributed by atoms with Crippen LogP contribution in [0.25, 0.3) is 11.1 Å². The zero-order valence-electron chi connectivity index (χ0n) is 22.8. The largest absolute Gasteiger partial charge is 0.467 e. The van der Waals surface area contributed by atoms with Crippen molar-refractivity contribution in [1.29, 1.82) is 0 Å². The summed E-state index contributed by atoms with van der Waals surface area (Å²) in [4.78, 5) is 26.8. The number of thioether (sulfide) groups is 1.